The van der Waals surface area contributed by atoms with Crippen molar-refractivity contribution in [2.24, 2.45) is 0 Å². The van der Waals surface area contributed by atoms with Crippen LogP contribution in [-0.2, 0) is 19.6 Å². The van der Waals surface area contributed by atoms with Crippen molar-refractivity contribution in [2.45, 2.75) is 30.6 Å². The van der Waals surface area contributed by atoms with Gasteiger partial charge in [0.05, 0.1) is 5.25 Å². The molecule has 17 heavy (non-hydrogen) atoms. The van der Waals surface area contributed by atoms with Crippen molar-refractivity contribution >= 4 is 16.0 Å². The van der Waals surface area contributed by atoms with Crippen LogP contribution in [0.1, 0.15) is 19.3 Å². The summed E-state index contributed by atoms with van der Waals surface area (Å²) in [6.07, 6.45) is 5.57. The zero-order valence-corrected chi connectivity index (χ0v) is 10.1. The number of hydrogen-bond donors (Lipinski definition) is 2. The molecule has 0 saturated carbocycles. The molecule has 0 aliphatic carbocycles. The second kappa shape index (κ2) is 6.00. The first-order valence-electron chi connectivity index (χ1n) is 5.22. The smallest absolute Gasteiger partial charge is 0.322 e. The van der Waals surface area contributed by atoms with Crippen LogP contribution in [0.5, 0.6) is 0 Å². The summed E-state index contributed by atoms with van der Waals surface area (Å²) in [6.45, 7) is 0.747. The number of hydrogen-bond acceptors (Lipinski definition) is 4. The lowest BCUT2D eigenvalue weighted by molar-refractivity contribution is -0.138. The average molecular weight is 261 g/mol. The quantitative estimate of drug-likeness (QED) is 0.655. The Hall–Kier alpha value is -1.10. The SMILES string of the molecule is C#CCC(NS(=O)(=O)C1CCOCC1)C(=O)O. The van der Waals surface area contributed by atoms with Gasteiger partial charge in [0.15, 0.2) is 0 Å². The van der Waals surface area contributed by atoms with Crippen LogP contribution < -0.4 is 4.72 Å². The monoisotopic (exact) mass is 261 g/mol. The predicted octanol–water partition coefficient (Wildman–Crippen LogP) is -0.439. The van der Waals surface area contributed by atoms with Crippen LogP contribution in [0, 0.1) is 12.3 Å². The van der Waals surface area contributed by atoms with Gasteiger partial charge >= 0.3 is 5.97 Å². The van der Waals surface area contributed by atoms with Crippen molar-refractivity contribution in [3.8, 4) is 12.3 Å². The number of aliphatic carboxylic acids is 1. The van der Waals surface area contributed by atoms with Crippen molar-refractivity contribution in [3.05, 3.63) is 0 Å². The molecule has 0 aromatic heterocycles. The number of nitrogens with one attached hydrogen (secondary N) is 1. The maximum Gasteiger partial charge on any atom is 0.322 e. The second-order valence-electron chi connectivity index (χ2n) is 3.77. The van der Waals surface area contributed by atoms with Crippen molar-refractivity contribution in [1.82, 2.24) is 4.72 Å². The molecule has 0 bridgehead atoms. The lowest BCUT2D eigenvalue weighted by Crippen LogP contribution is -2.46. The fourth-order valence-electron chi connectivity index (χ4n) is 1.58. The molecule has 1 fully saturated rings. The summed E-state index contributed by atoms with van der Waals surface area (Å²) in [5.41, 5.74) is 0. The highest BCUT2D eigenvalue weighted by atomic mass is 32.2. The number of sulfonamides is 1. The molecule has 7 heteroatoms. The highest BCUT2D eigenvalue weighted by molar-refractivity contribution is 7.90. The van der Waals surface area contributed by atoms with E-state index in [0.29, 0.717) is 26.1 Å². The third-order valence-electron chi connectivity index (χ3n) is 2.53. The van der Waals surface area contributed by atoms with Gasteiger partial charge in [-0.3, -0.25) is 4.79 Å². The normalized spacial score (nSPS) is 19.5. The van der Waals surface area contributed by atoms with E-state index >= 15 is 0 Å². The molecule has 1 heterocycles. The molecule has 1 saturated heterocycles. The molecule has 0 aromatic carbocycles. The summed E-state index contributed by atoms with van der Waals surface area (Å²) in [6, 6.07) is -1.26. The number of rotatable bonds is 5. The summed E-state index contributed by atoms with van der Waals surface area (Å²) in [4.78, 5) is 10.8. The predicted molar refractivity (Wildman–Crippen MR) is 60.8 cm³/mol. The Morgan fingerprint density at radius 1 is 1.53 bits per heavy atom. The van der Waals surface area contributed by atoms with E-state index in [4.69, 9.17) is 16.3 Å². The molecule has 1 aliphatic heterocycles. The molecule has 1 atom stereocenters. The van der Waals surface area contributed by atoms with Gasteiger partial charge in [-0.25, -0.2) is 8.42 Å². The van der Waals surface area contributed by atoms with Crippen molar-refractivity contribution in [1.29, 1.82) is 0 Å². The van der Waals surface area contributed by atoms with Gasteiger partial charge in [-0.15, -0.1) is 12.3 Å². The maximum atomic E-state index is 11.9. The van der Waals surface area contributed by atoms with E-state index in [9.17, 15) is 13.2 Å². The molecule has 1 aliphatic rings. The molecule has 2 N–H and O–H groups in total. The molecule has 6 nitrogen and oxygen atoms in total. The fraction of sp³-hybridized carbons (Fsp3) is 0.700. The van der Waals surface area contributed by atoms with Crippen molar-refractivity contribution < 1.29 is 23.1 Å². The first kappa shape index (κ1) is 14.0. The summed E-state index contributed by atoms with van der Waals surface area (Å²) < 4.78 is 30.9. The van der Waals surface area contributed by atoms with Crippen LogP contribution in [0.15, 0.2) is 0 Å². The van der Waals surface area contributed by atoms with Gasteiger partial charge in [0.1, 0.15) is 6.04 Å². The first-order valence-corrected chi connectivity index (χ1v) is 6.77. The Labute approximate surface area is 100 Å². The largest absolute Gasteiger partial charge is 0.480 e. The van der Waals surface area contributed by atoms with E-state index in [0.717, 1.165) is 0 Å². The standard InChI is InChI=1S/C10H15NO5S/c1-2-3-9(10(12)13)11-17(14,15)8-4-6-16-7-5-8/h1,8-9,11H,3-7H2,(H,12,13). The van der Waals surface area contributed by atoms with E-state index in [-0.39, 0.29) is 6.42 Å². The number of carboxylic acid groups (broad SMARTS) is 1. The van der Waals surface area contributed by atoms with Crippen LogP contribution in [-0.4, -0.2) is 44.0 Å². The second-order valence-corrected chi connectivity index (χ2v) is 5.77. The number of terminal acetylenes is 1. The Morgan fingerprint density at radius 2 is 2.12 bits per heavy atom. The molecule has 0 aromatic rings. The molecular formula is C10H15NO5S. The molecule has 1 rings (SSSR count). The highest BCUT2D eigenvalue weighted by Crippen LogP contribution is 2.15. The number of ether oxygens (including phenoxy) is 1. The van der Waals surface area contributed by atoms with Gasteiger partial charge in [0.25, 0.3) is 0 Å². The first-order chi connectivity index (χ1) is 7.97. The van der Waals surface area contributed by atoms with E-state index < -0.39 is 27.3 Å². The van der Waals surface area contributed by atoms with Gasteiger partial charge < -0.3 is 9.84 Å². The summed E-state index contributed by atoms with van der Waals surface area (Å²) >= 11 is 0. The molecular weight excluding hydrogens is 246 g/mol. The van der Waals surface area contributed by atoms with Crippen molar-refractivity contribution in [3.63, 3.8) is 0 Å². The fourth-order valence-corrected chi connectivity index (χ4v) is 3.16. The molecule has 0 spiro atoms. The van der Waals surface area contributed by atoms with E-state index in [1.807, 2.05) is 0 Å². The molecule has 0 radical (unpaired) electrons. The average Bonchev–Trinajstić information content (AvgIpc) is 2.29. The minimum Gasteiger partial charge on any atom is -0.480 e. The highest BCUT2D eigenvalue weighted by Gasteiger charge is 2.31. The minimum atomic E-state index is -3.66. The Bertz CT molecular complexity index is 405. The van der Waals surface area contributed by atoms with E-state index in [2.05, 4.69) is 10.6 Å². The zero-order valence-electron chi connectivity index (χ0n) is 9.26. The molecule has 1 unspecified atom stereocenters. The number of carboxylic acids is 1. The van der Waals surface area contributed by atoms with Crippen LogP contribution >= 0.6 is 0 Å². The summed E-state index contributed by atoms with van der Waals surface area (Å²) in [7, 11) is -3.66. The number of carbonyl (C=O) groups is 1. The lowest BCUT2D eigenvalue weighted by Gasteiger charge is -2.23. The minimum absolute atomic E-state index is 0.169. The topological polar surface area (TPSA) is 92.7 Å². The van der Waals surface area contributed by atoms with Crippen LogP contribution in [0.4, 0.5) is 0 Å². The zero-order chi connectivity index (χ0) is 12.9. The summed E-state index contributed by atoms with van der Waals surface area (Å²) in [5.74, 6) is 0.877. The van der Waals surface area contributed by atoms with Crippen LogP contribution in [0.25, 0.3) is 0 Å². The summed E-state index contributed by atoms with van der Waals surface area (Å²) in [5, 5.41) is 8.22. The van der Waals surface area contributed by atoms with Gasteiger partial charge in [0, 0.05) is 19.6 Å². The third-order valence-corrected chi connectivity index (χ3v) is 4.50. The molecule has 0 amide bonds. The van der Waals surface area contributed by atoms with Gasteiger partial charge in [0.2, 0.25) is 10.0 Å². The van der Waals surface area contributed by atoms with E-state index in [1.54, 1.807) is 0 Å². The third kappa shape index (κ3) is 4.00. The molecule has 96 valence electrons. The van der Waals surface area contributed by atoms with Gasteiger partial charge in [-0.2, -0.15) is 4.72 Å². The Kier molecular flexibility index (Phi) is 4.93. The Morgan fingerprint density at radius 3 is 2.59 bits per heavy atom. The van der Waals surface area contributed by atoms with Crippen molar-refractivity contribution in [2.75, 3.05) is 13.2 Å². The van der Waals surface area contributed by atoms with Crippen LogP contribution in [0.3, 0.4) is 0 Å². The van der Waals surface area contributed by atoms with Crippen LogP contribution in [0.2, 0.25) is 0 Å². The maximum absolute atomic E-state index is 11.9. The van der Waals surface area contributed by atoms with Gasteiger partial charge in [-0.1, -0.05) is 0 Å². The lowest BCUT2D eigenvalue weighted by atomic mass is 10.2. The van der Waals surface area contributed by atoms with Gasteiger partial charge in [-0.05, 0) is 12.8 Å². The Balaban J connectivity index is 2.69. The van der Waals surface area contributed by atoms with E-state index in [1.165, 1.54) is 0 Å².